The maximum absolute atomic E-state index is 12.2. The van der Waals surface area contributed by atoms with Crippen molar-refractivity contribution in [3.05, 3.63) is 50.1 Å². The normalized spacial score (nSPS) is 10.5. The summed E-state index contributed by atoms with van der Waals surface area (Å²) in [6.07, 6.45) is 2.24. The maximum Gasteiger partial charge on any atom is 0.255 e. The van der Waals surface area contributed by atoms with Crippen LogP contribution in [-0.4, -0.2) is 24.2 Å². The third-order valence-electron chi connectivity index (χ3n) is 3.46. The van der Waals surface area contributed by atoms with Gasteiger partial charge in [-0.2, -0.15) is 0 Å². The molecule has 1 heterocycles. The number of hydrogen-bond acceptors (Lipinski definition) is 4. The van der Waals surface area contributed by atoms with E-state index < -0.39 is 0 Å². The molecule has 1 aromatic carbocycles. The lowest BCUT2D eigenvalue weighted by Crippen LogP contribution is -2.18. The molecule has 118 valence electrons. The molecule has 0 radical (unpaired) electrons. The van der Waals surface area contributed by atoms with Crippen molar-refractivity contribution in [3.8, 4) is 11.5 Å². The van der Waals surface area contributed by atoms with E-state index in [4.69, 9.17) is 21.7 Å². The van der Waals surface area contributed by atoms with Gasteiger partial charge in [-0.05, 0) is 36.3 Å². The molecule has 2 rings (SSSR count). The first kappa shape index (κ1) is 16.3. The standard InChI is InChI=1S/C16H20N2O3S/c1-4-5-12-11(15(19)18-16(22)17-12)8-10-6-7-13(20-2)14(9-10)21-3/h6-7,9H,4-5,8H2,1-3H3,(H2,17,18,19,22). The quantitative estimate of drug-likeness (QED) is 0.803. The molecule has 0 unspecified atom stereocenters. The average molecular weight is 320 g/mol. The van der Waals surface area contributed by atoms with E-state index in [9.17, 15) is 4.79 Å². The highest BCUT2D eigenvalue weighted by molar-refractivity contribution is 7.71. The van der Waals surface area contributed by atoms with Gasteiger partial charge in [0.1, 0.15) is 0 Å². The van der Waals surface area contributed by atoms with Crippen LogP contribution >= 0.6 is 12.2 Å². The smallest absolute Gasteiger partial charge is 0.255 e. The number of ether oxygens (including phenoxy) is 2. The zero-order valence-corrected chi connectivity index (χ0v) is 13.8. The van der Waals surface area contributed by atoms with E-state index in [0.29, 0.717) is 28.3 Å². The third-order valence-corrected chi connectivity index (χ3v) is 3.66. The van der Waals surface area contributed by atoms with E-state index in [2.05, 4.69) is 16.9 Å². The summed E-state index contributed by atoms with van der Waals surface area (Å²) in [5, 5.41) is 0. The topological polar surface area (TPSA) is 67.1 Å². The molecule has 0 bridgehead atoms. The molecule has 0 atom stereocenters. The van der Waals surface area contributed by atoms with E-state index >= 15 is 0 Å². The van der Waals surface area contributed by atoms with Crippen molar-refractivity contribution in [2.45, 2.75) is 26.2 Å². The van der Waals surface area contributed by atoms with Crippen LogP contribution in [0.15, 0.2) is 23.0 Å². The Labute approximate surface area is 134 Å². The van der Waals surface area contributed by atoms with Crippen LogP contribution in [0, 0.1) is 4.77 Å². The van der Waals surface area contributed by atoms with Gasteiger partial charge in [-0.3, -0.25) is 9.78 Å². The van der Waals surface area contributed by atoms with E-state index in [0.717, 1.165) is 24.1 Å². The van der Waals surface area contributed by atoms with Crippen LogP contribution in [0.1, 0.15) is 30.2 Å². The number of aromatic amines is 2. The van der Waals surface area contributed by atoms with Crippen molar-refractivity contribution in [2.75, 3.05) is 14.2 Å². The molecule has 5 nitrogen and oxygen atoms in total. The fourth-order valence-electron chi connectivity index (χ4n) is 2.40. The van der Waals surface area contributed by atoms with E-state index in [1.165, 1.54) is 0 Å². The Bertz CT molecular complexity index is 765. The molecule has 2 aromatic rings. The Balaban J connectivity index is 2.42. The van der Waals surface area contributed by atoms with Crippen LogP contribution in [0.2, 0.25) is 0 Å². The minimum atomic E-state index is -0.137. The molecule has 0 aliphatic heterocycles. The van der Waals surface area contributed by atoms with Crippen molar-refractivity contribution in [1.29, 1.82) is 0 Å². The molecular formula is C16H20N2O3S. The minimum Gasteiger partial charge on any atom is -0.493 e. The second-order valence-electron chi connectivity index (χ2n) is 4.98. The first-order chi connectivity index (χ1) is 10.6. The lowest BCUT2D eigenvalue weighted by atomic mass is 10.0. The fraction of sp³-hybridized carbons (Fsp3) is 0.375. The third kappa shape index (κ3) is 3.57. The molecule has 0 aliphatic rings. The highest BCUT2D eigenvalue weighted by Gasteiger charge is 2.11. The Kier molecular flexibility index (Phi) is 5.38. The number of H-pyrrole nitrogens is 2. The minimum absolute atomic E-state index is 0.137. The summed E-state index contributed by atoms with van der Waals surface area (Å²) in [6, 6.07) is 5.65. The molecule has 2 N–H and O–H groups in total. The van der Waals surface area contributed by atoms with Crippen LogP contribution in [0.4, 0.5) is 0 Å². The van der Waals surface area contributed by atoms with E-state index in [1.54, 1.807) is 14.2 Å². The van der Waals surface area contributed by atoms with Gasteiger partial charge in [-0.15, -0.1) is 0 Å². The van der Waals surface area contributed by atoms with E-state index in [-0.39, 0.29) is 5.56 Å². The number of aryl methyl sites for hydroxylation is 1. The summed E-state index contributed by atoms with van der Waals surface area (Å²) in [4.78, 5) is 18.0. The number of aromatic nitrogens is 2. The van der Waals surface area contributed by atoms with Crippen LogP contribution in [0.3, 0.4) is 0 Å². The zero-order valence-electron chi connectivity index (χ0n) is 13.0. The Morgan fingerprint density at radius 1 is 1.14 bits per heavy atom. The fourth-order valence-corrected chi connectivity index (χ4v) is 2.62. The summed E-state index contributed by atoms with van der Waals surface area (Å²) < 4.78 is 10.9. The summed E-state index contributed by atoms with van der Waals surface area (Å²) >= 11 is 5.05. The van der Waals surface area contributed by atoms with Gasteiger partial charge < -0.3 is 14.5 Å². The van der Waals surface area contributed by atoms with Crippen molar-refractivity contribution >= 4 is 12.2 Å². The zero-order chi connectivity index (χ0) is 16.1. The molecule has 0 saturated heterocycles. The number of hydrogen-bond donors (Lipinski definition) is 2. The van der Waals surface area contributed by atoms with Crippen LogP contribution in [0.25, 0.3) is 0 Å². The number of nitrogens with one attached hydrogen (secondary N) is 2. The highest BCUT2D eigenvalue weighted by Crippen LogP contribution is 2.28. The van der Waals surface area contributed by atoms with Crippen molar-refractivity contribution in [1.82, 2.24) is 9.97 Å². The first-order valence-corrected chi connectivity index (χ1v) is 7.55. The monoisotopic (exact) mass is 320 g/mol. The molecule has 0 aliphatic carbocycles. The average Bonchev–Trinajstić information content (AvgIpc) is 2.50. The molecule has 6 heteroatoms. The predicted molar refractivity (Wildman–Crippen MR) is 88.6 cm³/mol. The molecular weight excluding hydrogens is 300 g/mol. The molecule has 0 saturated carbocycles. The van der Waals surface area contributed by atoms with Gasteiger partial charge in [-0.1, -0.05) is 19.4 Å². The van der Waals surface area contributed by atoms with Gasteiger partial charge >= 0.3 is 0 Å². The summed E-state index contributed by atoms with van der Waals surface area (Å²) in [7, 11) is 3.19. The Morgan fingerprint density at radius 3 is 2.50 bits per heavy atom. The van der Waals surface area contributed by atoms with Crippen molar-refractivity contribution < 1.29 is 9.47 Å². The predicted octanol–water partition coefficient (Wildman–Crippen LogP) is 2.99. The van der Waals surface area contributed by atoms with Gasteiger partial charge in [0.15, 0.2) is 16.3 Å². The maximum atomic E-state index is 12.2. The largest absolute Gasteiger partial charge is 0.493 e. The first-order valence-electron chi connectivity index (χ1n) is 7.14. The number of methoxy groups -OCH3 is 2. The van der Waals surface area contributed by atoms with Crippen LogP contribution in [-0.2, 0) is 12.8 Å². The second kappa shape index (κ2) is 7.26. The van der Waals surface area contributed by atoms with Crippen molar-refractivity contribution in [2.24, 2.45) is 0 Å². The van der Waals surface area contributed by atoms with Crippen LogP contribution < -0.4 is 15.0 Å². The SMILES string of the molecule is CCCc1[nH]c(=S)[nH]c(=O)c1Cc1ccc(OC)c(OC)c1. The van der Waals surface area contributed by atoms with Crippen LogP contribution in [0.5, 0.6) is 11.5 Å². The van der Waals surface area contributed by atoms with Gasteiger partial charge in [-0.25, -0.2) is 0 Å². The molecule has 0 fully saturated rings. The molecule has 22 heavy (non-hydrogen) atoms. The summed E-state index contributed by atoms with van der Waals surface area (Å²) in [6.45, 7) is 2.07. The van der Waals surface area contributed by atoms with Gasteiger partial charge in [0, 0.05) is 17.7 Å². The number of benzene rings is 1. The molecule has 0 amide bonds. The van der Waals surface area contributed by atoms with Gasteiger partial charge in [0.05, 0.1) is 14.2 Å². The van der Waals surface area contributed by atoms with Gasteiger partial charge in [0.25, 0.3) is 5.56 Å². The Morgan fingerprint density at radius 2 is 1.86 bits per heavy atom. The highest BCUT2D eigenvalue weighted by atomic mass is 32.1. The number of rotatable bonds is 6. The second-order valence-corrected chi connectivity index (χ2v) is 5.39. The van der Waals surface area contributed by atoms with Crippen molar-refractivity contribution in [3.63, 3.8) is 0 Å². The van der Waals surface area contributed by atoms with Gasteiger partial charge in [0.2, 0.25) is 0 Å². The summed E-state index contributed by atoms with van der Waals surface area (Å²) in [5.41, 5.74) is 2.45. The lowest BCUT2D eigenvalue weighted by molar-refractivity contribution is 0.354. The Hall–Kier alpha value is -2.08. The molecule has 0 spiro atoms. The molecule has 1 aromatic heterocycles. The van der Waals surface area contributed by atoms with E-state index in [1.807, 2.05) is 18.2 Å². The lowest BCUT2D eigenvalue weighted by Gasteiger charge is -2.11. The summed E-state index contributed by atoms with van der Waals surface area (Å²) in [5.74, 6) is 1.32.